The molecule has 5 rings (SSSR count). The Hall–Kier alpha value is -4.53. The van der Waals surface area contributed by atoms with Gasteiger partial charge in [-0.2, -0.15) is 0 Å². The molecule has 5 aromatic rings. The van der Waals surface area contributed by atoms with Crippen LogP contribution in [0.3, 0.4) is 0 Å². The first kappa shape index (κ1) is 20.4. The minimum Gasteiger partial charge on any atom is -0.453 e. The second kappa shape index (κ2) is 8.19. The van der Waals surface area contributed by atoms with Crippen LogP contribution in [0.5, 0.6) is 0 Å². The van der Waals surface area contributed by atoms with E-state index in [1.807, 2.05) is 40.3 Å². The van der Waals surface area contributed by atoms with E-state index in [4.69, 9.17) is 0 Å². The quantitative estimate of drug-likeness (QED) is 0.429. The average Bonchev–Trinajstić information content (AvgIpc) is 3.43. The zero-order valence-corrected chi connectivity index (χ0v) is 17.9. The van der Waals surface area contributed by atoms with Crippen molar-refractivity contribution in [1.29, 1.82) is 0 Å². The third-order valence-corrected chi connectivity index (χ3v) is 5.26. The Morgan fingerprint density at radius 1 is 0.939 bits per heavy atom. The highest BCUT2D eigenvalue weighted by Crippen LogP contribution is 2.27. The average molecular weight is 442 g/mol. The molecular formula is C24H19FN6O2. The van der Waals surface area contributed by atoms with Crippen LogP contribution in [0.2, 0.25) is 0 Å². The lowest BCUT2D eigenvalue weighted by Gasteiger charge is -2.12. The molecule has 0 radical (unpaired) electrons. The summed E-state index contributed by atoms with van der Waals surface area (Å²) in [5.41, 5.74) is 5.07. The van der Waals surface area contributed by atoms with Gasteiger partial charge in [0.15, 0.2) is 0 Å². The highest BCUT2D eigenvalue weighted by Gasteiger charge is 2.14. The van der Waals surface area contributed by atoms with Crippen molar-refractivity contribution < 1.29 is 13.9 Å². The maximum atomic E-state index is 13.4. The standard InChI is InChI=1S/C24H19FN6O2/c1-15-11-28-23(16-3-6-18(25)7-4-16)31(15)19-8-10-22-27-13-20(30(22)14-19)17-5-9-21(26-12-17)29-24(32)33-2/h3-14H,1-2H3,(H,26,29,32). The molecule has 1 aromatic carbocycles. The molecule has 0 aliphatic carbocycles. The third-order valence-electron chi connectivity index (χ3n) is 5.26. The molecule has 0 fully saturated rings. The van der Waals surface area contributed by atoms with E-state index < -0.39 is 6.09 Å². The van der Waals surface area contributed by atoms with Gasteiger partial charge < -0.3 is 4.74 Å². The first-order valence-corrected chi connectivity index (χ1v) is 10.1. The molecule has 4 aromatic heterocycles. The van der Waals surface area contributed by atoms with Crippen LogP contribution in [0.15, 0.2) is 73.3 Å². The Balaban J connectivity index is 1.56. The number of nitrogens with zero attached hydrogens (tertiary/aromatic N) is 5. The lowest BCUT2D eigenvalue weighted by molar-refractivity contribution is 0.187. The normalized spacial score (nSPS) is 11.0. The summed E-state index contributed by atoms with van der Waals surface area (Å²) in [6, 6.07) is 13.7. The van der Waals surface area contributed by atoms with E-state index in [9.17, 15) is 9.18 Å². The SMILES string of the molecule is COC(=O)Nc1ccc(-c2cnc3ccc(-n4c(C)cnc4-c4ccc(F)cc4)cn23)cn1. The molecule has 0 aliphatic heterocycles. The first-order valence-electron chi connectivity index (χ1n) is 10.1. The Bertz CT molecular complexity index is 1460. The number of carbonyl (C=O) groups excluding carboxylic acids is 1. The summed E-state index contributed by atoms with van der Waals surface area (Å²) < 4.78 is 22.0. The number of aryl methyl sites for hydroxylation is 1. The molecule has 1 amide bonds. The molecule has 8 nitrogen and oxygen atoms in total. The number of hydrogen-bond acceptors (Lipinski definition) is 5. The number of fused-ring (bicyclic) bond motifs is 1. The fraction of sp³-hybridized carbons (Fsp3) is 0.0833. The summed E-state index contributed by atoms with van der Waals surface area (Å²) in [6.07, 6.45) is 6.61. The van der Waals surface area contributed by atoms with E-state index in [2.05, 4.69) is 25.0 Å². The largest absolute Gasteiger partial charge is 0.453 e. The van der Waals surface area contributed by atoms with Crippen molar-refractivity contribution in [3.63, 3.8) is 0 Å². The second-order valence-corrected chi connectivity index (χ2v) is 7.37. The number of aromatic nitrogens is 5. The van der Waals surface area contributed by atoms with E-state index in [0.29, 0.717) is 11.6 Å². The predicted octanol–water partition coefficient (Wildman–Crippen LogP) is 4.87. The molecule has 0 bridgehead atoms. The van der Waals surface area contributed by atoms with Crippen molar-refractivity contribution >= 4 is 17.6 Å². The number of benzene rings is 1. The van der Waals surface area contributed by atoms with E-state index >= 15 is 0 Å². The number of hydrogen-bond donors (Lipinski definition) is 1. The fourth-order valence-electron chi connectivity index (χ4n) is 3.66. The first-order chi connectivity index (χ1) is 16.0. The van der Waals surface area contributed by atoms with Crippen molar-refractivity contribution in [2.24, 2.45) is 0 Å². The van der Waals surface area contributed by atoms with Crippen molar-refractivity contribution in [2.75, 3.05) is 12.4 Å². The van der Waals surface area contributed by atoms with Crippen LogP contribution < -0.4 is 5.32 Å². The van der Waals surface area contributed by atoms with E-state index in [1.165, 1.54) is 19.2 Å². The Morgan fingerprint density at radius 3 is 2.45 bits per heavy atom. The maximum absolute atomic E-state index is 13.4. The number of rotatable bonds is 4. The van der Waals surface area contributed by atoms with Gasteiger partial charge in [0.05, 0.1) is 24.7 Å². The van der Waals surface area contributed by atoms with Crippen molar-refractivity contribution in [3.8, 4) is 28.3 Å². The minimum absolute atomic E-state index is 0.292. The summed E-state index contributed by atoms with van der Waals surface area (Å²) in [7, 11) is 1.29. The highest BCUT2D eigenvalue weighted by molar-refractivity contribution is 5.83. The van der Waals surface area contributed by atoms with Gasteiger partial charge >= 0.3 is 6.09 Å². The van der Waals surface area contributed by atoms with Crippen LogP contribution in [-0.2, 0) is 4.74 Å². The molecule has 164 valence electrons. The number of methoxy groups -OCH3 is 1. The molecule has 0 unspecified atom stereocenters. The Kier molecular flexibility index (Phi) is 5.06. The molecule has 1 N–H and O–H groups in total. The van der Waals surface area contributed by atoms with Gasteiger partial charge in [-0.25, -0.2) is 24.1 Å². The topological polar surface area (TPSA) is 86.3 Å². The minimum atomic E-state index is -0.581. The van der Waals surface area contributed by atoms with E-state index in [-0.39, 0.29) is 5.82 Å². The summed E-state index contributed by atoms with van der Waals surface area (Å²) in [4.78, 5) is 24.7. The zero-order chi connectivity index (χ0) is 22.9. The zero-order valence-electron chi connectivity index (χ0n) is 17.9. The third kappa shape index (κ3) is 3.80. The monoisotopic (exact) mass is 442 g/mol. The van der Waals surface area contributed by atoms with Gasteiger partial charge in [-0.05, 0) is 55.5 Å². The van der Waals surface area contributed by atoms with Crippen molar-refractivity contribution in [3.05, 3.63) is 84.8 Å². The van der Waals surface area contributed by atoms with E-state index in [0.717, 1.165) is 33.8 Å². The number of carbonyl (C=O) groups is 1. The molecule has 0 atom stereocenters. The number of imidazole rings is 2. The highest BCUT2D eigenvalue weighted by atomic mass is 19.1. The van der Waals surface area contributed by atoms with Crippen LogP contribution in [0, 0.1) is 12.7 Å². The van der Waals surface area contributed by atoms with Gasteiger partial charge in [-0.15, -0.1) is 0 Å². The number of anilines is 1. The lowest BCUT2D eigenvalue weighted by Crippen LogP contribution is -2.11. The van der Waals surface area contributed by atoms with Gasteiger partial charge in [0.1, 0.15) is 23.1 Å². The summed E-state index contributed by atoms with van der Waals surface area (Å²) in [5, 5.41) is 2.53. The molecule has 0 saturated heterocycles. The van der Waals surface area contributed by atoms with Crippen LogP contribution >= 0.6 is 0 Å². The van der Waals surface area contributed by atoms with Gasteiger partial charge in [0.2, 0.25) is 0 Å². The van der Waals surface area contributed by atoms with Crippen molar-refractivity contribution in [2.45, 2.75) is 6.92 Å². The number of nitrogens with one attached hydrogen (secondary N) is 1. The van der Waals surface area contributed by atoms with Gasteiger partial charge in [-0.3, -0.25) is 14.3 Å². The van der Waals surface area contributed by atoms with Crippen molar-refractivity contribution in [1.82, 2.24) is 23.9 Å². The molecular weight excluding hydrogens is 423 g/mol. The Morgan fingerprint density at radius 2 is 1.73 bits per heavy atom. The van der Waals surface area contributed by atoms with Gasteiger partial charge in [0, 0.05) is 35.4 Å². The number of pyridine rings is 2. The smallest absolute Gasteiger partial charge is 0.412 e. The fourth-order valence-corrected chi connectivity index (χ4v) is 3.66. The summed E-state index contributed by atoms with van der Waals surface area (Å²) in [5.74, 6) is 0.811. The number of halogens is 1. The molecule has 33 heavy (non-hydrogen) atoms. The van der Waals surface area contributed by atoms with Gasteiger partial charge in [-0.1, -0.05) is 0 Å². The number of ether oxygens (including phenoxy) is 1. The van der Waals surface area contributed by atoms with Crippen LogP contribution in [-0.4, -0.2) is 37.1 Å². The number of amides is 1. The van der Waals surface area contributed by atoms with Crippen LogP contribution in [0.25, 0.3) is 34.0 Å². The molecule has 0 saturated carbocycles. The second-order valence-electron chi connectivity index (χ2n) is 7.37. The van der Waals surface area contributed by atoms with Crippen LogP contribution in [0.4, 0.5) is 15.0 Å². The molecule has 4 heterocycles. The Labute approximate surface area is 188 Å². The lowest BCUT2D eigenvalue weighted by atomic mass is 10.2. The molecule has 0 aliphatic rings. The molecule has 0 spiro atoms. The maximum Gasteiger partial charge on any atom is 0.412 e. The van der Waals surface area contributed by atoms with Gasteiger partial charge in [0.25, 0.3) is 0 Å². The predicted molar refractivity (Wildman–Crippen MR) is 122 cm³/mol. The molecule has 9 heteroatoms. The van der Waals surface area contributed by atoms with E-state index in [1.54, 1.807) is 36.8 Å². The van der Waals surface area contributed by atoms with Crippen LogP contribution in [0.1, 0.15) is 5.69 Å². The summed E-state index contributed by atoms with van der Waals surface area (Å²) in [6.45, 7) is 1.97. The summed E-state index contributed by atoms with van der Waals surface area (Å²) >= 11 is 0.